The Morgan fingerprint density at radius 3 is 3.07 bits per heavy atom. The molecule has 1 atom stereocenters. The maximum Gasteiger partial charge on any atom is 0.227 e. The largest absolute Gasteiger partial charge is 0.496 e. The minimum Gasteiger partial charge on any atom is -0.496 e. The number of hydrogen-bond acceptors (Lipinski definition) is 5. The van der Waals surface area contributed by atoms with E-state index in [0.29, 0.717) is 19.5 Å². The van der Waals surface area contributed by atoms with E-state index in [1.807, 2.05) is 36.2 Å². The summed E-state index contributed by atoms with van der Waals surface area (Å²) >= 11 is 0. The summed E-state index contributed by atoms with van der Waals surface area (Å²) in [7, 11) is 1.64. The molecule has 2 aliphatic heterocycles. The molecule has 142 valence electrons. The molecular weight excluding hydrogens is 340 g/mol. The number of methoxy groups -OCH3 is 1. The van der Waals surface area contributed by atoms with Crippen LogP contribution in [-0.2, 0) is 24.2 Å². The highest BCUT2D eigenvalue weighted by atomic mass is 16.5. The normalized spacial score (nSPS) is 19.0. The van der Waals surface area contributed by atoms with Gasteiger partial charge >= 0.3 is 0 Å². The van der Waals surface area contributed by atoms with Gasteiger partial charge in [-0.05, 0) is 32.4 Å². The molecule has 1 saturated heterocycles. The van der Waals surface area contributed by atoms with E-state index in [1.54, 1.807) is 7.11 Å². The van der Waals surface area contributed by atoms with Crippen molar-refractivity contribution in [2.24, 2.45) is 0 Å². The lowest BCUT2D eigenvalue weighted by Gasteiger charge is -2.29. The Balaban J connectivity index is 1.46. The lowest BCUT2D eigenvalue weighted by atomic mass is 10.0. The number of fused-ring (bicyclic) bond motifs is 1. The molecule has 2 aliphatic rings. The number of benzene rings is 1. The summed E-state index contributed by atoms with van der Waals surface area (Å²) in [6, 6.07) is 6.23. The van der Waals surface area contributed by atoms with Crippen LogP contribution in [0.3, 0.4) is 0 Å². The van der Waals surface area contributed by atoms with Crippen LogP contribution in [0, 0.1) is 6.92 Å². The van der Waals surface area contributed by atoms with Crippen molar-refractivity contribution in [3.05, 3.63) is 52.6 Å². The molecule has 1 amide bonds. The zero-order chi connectivity index (χ0) is 18.8. The number of nitrogens with zero attached hydrogens (tertiary/aromatic N) is 3. The molecule has 6 nitrogen and oxygen atoms in total. The van der Waals surface area contributed by atoms with Gasteiger partial charge in [-0.25, -0.2) is 9.97 Å². The molecule has 0 saturated carbocycles. The fourth-order valence-corrected chi connectivity index (χ4v) is 3.94. The second-order valence-corrected chi connectivity index (χ2v) is 7.41. The minimum atomic E-state index is 0.117. The predicted molar refractivity (Wildman–Crippen MR) is 103 cm³/mol. The van der Waals surface area contributed by atoms with Crippen molar-refractivity contribution in [2.75, 3.05) is 20.2 Å². The van der Waals surface area contributed by atoms with Gasteiger partial charge in [0.1, 0.15) is 11.6 Å². The van der Waals surface area contributed by atoms with Crippen LogP contribution in [-0.4, -0.2) is 41.0 Å². The van der Waals surface area contributed by atoms with E-state index in [2.05, 4.69) is 10.3 Å². The average molecular weight is 366 g/mol. The Hall–Kier alpha value is -2.47. The molecule has 3 heterocycles. The highest BCUT2D eigenvalue weighted by Gasteiger charge is 2.25. The maximum atomic E-state index is 12.9. The standard InChI is InChI=1S/C21H26N4O2/c1-14-5-6-19(27-2)15(10-14)11-20(26)25-9-7-17-16(13-25)12-23-21(24-17)18-4-3-8-22-18/h5-6,10,12,18,22H,3-4,7-9,11,13H2,1-2H3/t18-/m0/s1. The summed E-state index contributed by atoms with van der Waals surface area (Å²) in [4.78, 5) is 24.1. The topological polar surface area (TPSA) is 67.3 Å². The third kappa shape index (κ3) is 3.81. The van der Waals surface area contributed by atoms with Crippen LogP contribution in [0.4, 0.5) is 0 Å². The number of hydrogen-bond donors (Lipinski definition) is 1. The van der Waals surface area contributed by atoms with Crippen LogP contribution < -0.4 is 10.1 Å². The lowest BCUT2D eigenvalue weighted by molar-refractivity contribution is -0.131. The number of aromatic nitrogens is 2. The highest BCUT2D eigenvalue weighted by molar-refractivity contribution is 5.80. The van der Waals surface area contributed by atoms with Crippen LogP contribution in [0.1, 0.15) is 47.1 Å². The van der Waals surface area contributed by atoms with Crippen molar-refractivity contribution in [1.29, 1.82) is 0 Å². The first-order valence-corrected chi connectivity index (χ1v) is 9.63. The number of amides is 1. The van der Waals surface area contributed by atoms with Gasteiger partial charge in [0.15, 0.2) is 0 Å². The second-order valence-electron chi connectivity index (χ2n) is 7.41. The Morgan fingerprint density at radius 1 is 1.41 bits per heavy atom. The first-order chi connectivity index (χ1) is 13.1. The molecule has 0 radical (unpaired) electrons. The van der Waals surface area contributed by atoms with Gasteiger partial charge in [-0.15, -0.1) is 0 Å². The van der Waals surface area contributed by atoms with Gasteiger partial charge in [0, 0.05) is 36.8 Å². The molecule has 2 aromatic rings. The Labute approximate surface area is 160 Å². The molecule has 27 heavy (non-hydrogen) atoms. The Morgan fingerprint density at radius 2 is 2.30 bits per heavy atom. The lowest BCUT2D eigenvalue weighted by Crippen LogP contribution is -2.37. The summed E-state index contributed by atoms with van der Waals surface area (Å²) in [5.41, 5.74) is 4.22. The number of aryl methyl sites for hydroxylation is 1. The SMILES string of the molecule is COc1ccc(C)cc1CC(=O)N1CCc2nc([C@@H]3CCCN3)ncc2C1. The van der Waals surface area contributed by atoms with E-state index >= 15 is 0 Å². The van der Waals surface area contributed by atoms with E-state index in [1.165, 1.54) is 6.42 Å². The van der Waals surface area contributed by atoms with Crippen molar-refractivity contribution >= 4 is 5.91 Å². The number of rotatable bonds is 4. The summed E-state index contributed by atoms with van der Waals surface area (Å²) < 4.78 is 5.41. The van der Waals surface area contributed by atoms with Crippen LogP contribution in [0.5, 0.6) is 5.75 Å². The van der Waals surface area contributed by atoms with Gasteiger partial charge in [-0.2, -0.15) is 0 Å². The average Bonchev–Trinajstić information content (AvgIpc) is 3.22. The van der Waals surface area contributed by atoms with E-state index in [9.17, 15) is 4.79 Å². The summed E-state index contributed by atoms with van der Waals surface area (Å²) in [6.45, 7) is 4.35. The third-order valence-electron chi connectivity index (χ3n) is 5.45. The zero-order valence-corrected chi connectivity index (χ0v) is 16.0. The zero-order valence-electron chi connectivity index (χ0n) is 16.0. The van der Waals surface area contributed by atoms with Gasteiger partial charge in [0.2, 0.25) is 5.91 Å². The van der Waals surface area contributed by atoms with Crippen molar-refractivity contribution in [3.8, 4) is 5.75 Å². The van der Waals surface area contributed by atoms with Gasteiger partial charge in [-0.3, -0.25) is 4.79 Å². The monoisotopic (exact) mass is 366 g/mol. The number of carbonyl (C=O) groups is 1. The molecule has 6 heteroatoms. The quantitative estimate of drug-likeness (QED) is 0.900. The highest BCUT2D eigenvalue weighted by Crippen LogP contribution is 2.25. The smallest absolute Gasteiger partial charge is 0.227 e. The molecule has 0 bridgehead atoms. The van der Waals surface area contributed by atoms with Crippen molar-refractivity contribution in [2.45, 2.75) is 45.2 Å². The van der Waals surface area contributed by atoms with Gasteiger partial charge in [-0.1, -0.05) is 17.7 Å². The molecular formula is C21H26N4O2. The van der Waals surface area contributed by atoms with E-state index in [-0.39, 0.29) is 11.9 Å². The van der Waals surface area contributed by atoms with E-state index in [0.717, 1.165) is 53.3 Å². The van der Waals surface area contributed by atoms with Crippen molar-refractivity contribution < 1.29 is 9.53 Å². The third-order valence-corrected chi connectivity index (χ3v) is 5.45. The van der Waals surface area contributed by atoms with Crippen LogP contribution >= 0.6 is 0 Å². The minimum absolute atomic E-state index is 0.117. The molecule has 0 aliphatic carbocycles. The van der Waals surface area contributed by atoms with Gasteiger partial charge < -0.3 is 15.0 Å². The predicted octanol–water partition coefficient (Wildman–Crippen LogP) is 2.35. The van der Waals surface area contributed by atoms with Gasteiger partial charge in [0.05, 0.1) is 25.3 Å². The first kappa shape index (κ1) is 17.9. The number of carbonyl (C=O) groups excluding carboxylic acids is 1. The molecule has 0 spiro atoms. The maximum absolute atomic E-state index is 12.9. The molecule has 4 rings (SSSR count). The molecule has 1 N–H and O–H groups in total. The van der Waals surface area contributed by atoms with E-state index in [4.69, 9.17) is 9.72 Å². The Bertz CT molecular complexity index is 846. The second kappa shape index (κ2) is 7.64. The number of nitrogens with one attached hydrogen (secondary N) is 1. The van der Waals surface area contributed by atoms with Crippen LogP contribution in [0.15, 0.2) is 24.4 Å². The molecule has 1 aromatic carbocycles. The van der Waals surface area contributed by atoms with Crippen LogP contribution in [0.2, 0.25) is 0 Å². The Kier molecular flexibility index (Phi) is 5.07. The van der Waals surface area contributed by atoms with Crippen molar-refractivity contribution in [1.82, 2.24) is 20.2 Å². The molecule has 1 fully saturated rings. The molecule has 1 aromatic heterocycles. The number of ether oxygens (including phenoxy) is 1. The summed E-state index contributed by atoms with van der Waals surface area (Å²) in [6.07, 6.45) is 5.32. The first-order valence-electron chi connectivity index (χ1n) is 9.63. The van der Waals surface area contributed by atoms with E-state index < -0.39 is 0 Å². The fourth-order valence-electron chi connectivity index (χ4n) is 3.94. The van der Waals surface area contributed by atoms with Crippen molar-refractivity contribution in [3.63, 3.8) is 0 Å². The fraction of sp³-hybridized carbons (Fsp3) is 0.476. The van der Waals surface area contributed by atoms with Crippen LogP contribution in [0.25, 0.3) is 0 Å². The van der Waals surface area contributed by atoms with Gasteiger partial charge in [0.25, 0.3) is 0 Å². The molecule has 0 unspecified atom stereocenters. The summed E-state index contributed by atoms with van der Waals surface area (Å²) in [5, 5.41) is 3.45. The summed E-state index contributed by atoms with van der Waals surface area (Å²) in [5.74, 6) is 1.78.